The lowest BCUT2D eigenvalue weighted by atomic mass is 9.92. The minimum Gasteiger partial charge on any atom is -0.484 e. The van der Waals surface area contributed by atoms with Gasteiger partial charge in [0.1, 0.15) is 47.5 Å². The van der Waals surface area contributed by atoms with E-state index < -0.39 is 60.7 Å². The Morgan fingerprint density at radius 2 is 1.73 bits per heavy atom. The Kier molecular flexibility index (Phi) is 5.35. The molecule has 164 valence electrons. The Morgan fingerprint density at radius 3 is 2.43 bits per heavy atom. The van der Waals surface area contributed by atoms with Gasteiger partial charge in [0, 0.05) is 11.5 Å². The highest BCUT2D eigenvalue weighted by Gasteiger charge is 2.51. The molecule has 0 amide bonds. The summed E-state index contributed by atoms with van der Waals surface area (Å²) >= 11 is 0. The largest absolute Gasteiger partial charge is 0.484 e. The topological polar surface area (TPSA) is 159 Å². The molecule has 1 saturated heterocycles. The number of benzene rings is 1. The molecule has 1 aromatic carbocycles. The summed E-state index contributed by atoms with van der Waals surface area (Å²) in [6.07, 6.45) is -9.44. The third kappa shape index (κ3) is 3.40. The molecule has 0 bridgehead atoms. The zero-order chi connectivity index (χ0) is 21.8. The number of aliphatic hydroxyl groups excluding tert-OH is 5. The van der Waals surface area contributed by atoms with Gasteiger partial charge in [-0.15, -0.1) is 0 Å². The predicted octanol–water partition coefficient (Wildman–Crippen LogP) is -0.817. The molecule has 0 radical (unpaired) electrons. The third-order valence-electron chi connectivity index (χ3n) is 5.58. The van der Waals surface area contributed by atoms with Crippen LogP contribution in [-0.2, 0) is 9.47 Å². The van der Waals surface area contributed by atoms with Crippen molar-refractivity contribution in [1.29, 1.82) is 0 Å². The van der Waals surface area contributed by atoms with E-state index in [0.29, 0.717) is 16.7 Å². The first-order valence-electron chi connectivity index (χ1n) is 9.54. The highest BCUT2D eigenvalue weighted by atomic mass is 16.7. The van der Waals surface area contributed by atoms with E-state index in [9.17, 15) is 30.3 Å². The summed E-state index contributed by atoms with van der Waals surface area (Å²) in [6.45, 7) is 2.59. The van der Waals surface area contributed by atoms with Crippen LogP contribution in [0.2, 0.25) is 0 Å². The molecule has 0 saturated carbocycles. The van der Waals surface area contributed by atoms with Crippen molar-refractivity contribution in [1.82, 2.24) is 0 Å². The highest BCUT2D eigenvalue weighted by Crippen LogP contribution is 2.45. The monoisotopic (exact) mass is 424 g/mol. The zero-order valence-electron chi connectivity index (χ0n) is 16.3. The van der Waals surface area contributed by atoms with E-state index in [0.717, 1.165) is 0 Å². The highest BCUT2D eigenvalue weighted by molar-refractivity contribution is 5.83. The van der Waals surface area contributed by atoms with E-state index in [-0.39, 0.29) is 5.58 Å². The van der Waals surface area contributed by atoms with Crippen molar-refractivity contribution in [3.05, 3.63) is 40.2 Å². The average molecular weight is 424 g/mol. The van der Waals surface area contributed by atoms with Crippen LogP contribution in [0.4, 0.5) is 0 Å². The normalized spacial score (nSPS) is 34.0. The Balaban J connectivity index is 1.61. The smallest absolute Gasteiger partial charge is 0.336 e. The van der Waals surface area contributed by atoms with Gasteiger partial charge >= 0.3 is 5.63 Å². The molecule has 1 aromatic heterocycles. The lowest BCUT2D eigenvalue weighted by molar-refractivity contribution is -0.332. The molecular weight excluding hydrogens is 400 g/mol. The standard InChI is InChI=1S/C20H24O10/c1-20(2,30-19-16(26)15(25)13(23)10(7-21)28-19)18-14(24)12-9(27-18)5-3-8-4-6-11(22)29-17(8)12/h3-6,10,13-16,18-19,21,23-26H,7H2,1-2H3/t10-,13-,14-,15+,16-,18-,19+/m1/s1. The van der Waals surface area contributed by atoms with Gasteiger partial charge in [-0.05, 0) is 32.0 Å². The van der Waals surface area contributed by atoms with Crippen LogP contribution in [-0.4, -0.2) is 74.6 Å². The van der Waals surface area contributed by atoms with Gasteiger partial charge in [0.25, 0.3) is 0 Å². The third-order valence-corrected chi connectivity index (χ3v) is 5.58. The fraction of sp³-hybridized carbons (Fsp3) is 0.550. The minimum atomic E-state index is -1.60. The van der Waals surface area contributed by atoms with Gasteiger partial charge in [0.15, 0.2) is 12.4 Å². The second kappa shape index (κ2) is 7.57. The molecule has 30 heavy (non-hydrogen) atoms. The van der Waals surface area contributed by atoms with Crippen LogP contribution < -0.4 is 10.4 Å². The number of fused-ring (bicyclic) bond motifs is 3. The quantitative estimate of drug-likeness (QED) is 0.393. The Labute approximate surface area is 170 Å². The van der Waals surface area contributed by atoms with E-state index in [2.05, 4.69) is 0 Å². The van der Waals surface area contributed by atoms with Gasteiger partial charge in [-0.25, -0.2) is 4.79 Å². The van der Waals surface area contributed by atoms with Gasteiger partial charge in [0.2, 0.25) is 0 Å². The van der Waals surface area contributed by atoms with Crippen molar-refractivity contribution >= 4 is 11.0 Å². The lowest BCUT2D eigenvalue weighted by Gasteiger charge is -2.44. The molecule has 10 heteroatoms. The zero-order valence-corrected chi connectivity index (χ0v) is 16.3. The fourth-order valence-electron chi connectivity index (χ4n) is 3.92. The molecule has 2 aliphatic heterocycles. The number of hydrogen-bond donors (Lipinski definition) is 5. The lowest BCUT2D eigenvalue weighted by Crippen LogP contribution is -2.61. The van der Waals surface area contributed by atoms with Gasteiger partial charge in [-0.2, -0.15) is 0 Å². The maximum Gasteiger partial charge on any atom is 0.336 e. The summed E-state index contributed by atoms with van der Waals surface area (Å²) in [5, 5.41) is 51.0. The molecule has 3 heterocycles. The summed E-state index contributed by atoms with van der Waals surface area (Å²) in [5.74, 6) is 0.319. The van der Waals surface area contributed by atoms with Crippen molar-refractivity contribution in [2.24, 2.45) is 0 Å². The van der Waals surface area contributed by atoms with Crippen molar-refractivity contribution in [2.45, 2.75) is 62.4 Å². The van der Waals surface area contributed by atoms with E-state index in [4.69, 9.17) is 18.6 Å². The second-order valence-electron chi connectivity index (χ2n) is 8.05. The molecule has 0 spiro atoms. The first-order valence-corrected chi connectivity index (χ1v) is 9.54. The van der Waals surface area contributed by atoms with E-state index in [1.165, 1.54) is 6.07 Å². The molecule has 1 fully saturated rings. The maximum atomic E-state index is 11.7. The van der Waals surface area contributed by atoms with Crippen LogP contribution >= 0.6 is 0 Å². The van der Waals surface area contributed by atoms with Crippen molar-refractivity contribution < 1.29 is 44.2 Å². The number of rotatable bonds is 4. The Morgan fingerprint density at radius 1 is 1.03 bits per heavy atom. The Hall–Kier alpha value is -2.05. The molecule has 0 aliphatic carbocycles. The summed E-state index contributed by atoms with van der Waals surface area (Å²) < 4.78 is 22.4. The van der Waals surface area contributed by atoms with Crippen LogP contribution in [0.25, 0.3) is 11.0 Å². The van der Waals surface area contributed by atoms with E-state index >= 15 is 0 Å². The molecular formula is C20H24O10. The summed E-state index contributed by atoms with van der Waals surface area (Å²) in [7, 11) is 0. The summed E-state index contributed by atoms with van der Waals surface area (Å²) in [4.78, 5) is 11.7. The molecule has 0 unspecified atom stereocenters. The summed E-state index contributed by atoms with van der Waals surface area (Å²) in [6, 6.07) is 6.19. The second-order valence-corrected chi connectivity index (χ2v) is 8.05. The van der Waals surface area contributed by atoms with Crippen molar-refractivity contribution in [3.63, 3.8) is 0 Å². The molecule has 4 rings (SSSR count). The van der Waals surface area contributed by atoms with Gasteiger partial charge in [-0.3, -0.25) is 0 Å². The minimum absolute atomic E-state index is 0.207. The van der Waals surface area contributed by atoms with Gasteiger partial charge in [0.05, 0.1) is 12.2 Å². The first kappa shape index (κ1) is 21.2. The average Bonchev–Trinajstić information content (AvgIpc) is 3.06. The van der Waals surface area contributed by atoms with E-state index in [1.807, 2.05) is 0 Å². The molecule has 7 atom stereocenters. The maximum absolute atomic E-state index is 11.7. The van der Waals surface area contributed by atoms with Crippen LogP contribution in [0.15, 0.2) is 33.5 Å². The van der Waals surface area contributed by atoms with Crippen LogP contribution in [0.5, 0.6) is 5.75 Å². The number of ether oxygens (including phenoxy) is 3. The summed E-state index contributed by atoms with van der Waals surface area (Å²) in [5.41, 5.74) is -1.32. The van der Waals surface area contributed by atoms with Crippen LogP contribution in [0, 0.1) is 0 Å². The predicted molar refractivity (Wildman–Crippen MR) is 101 cm³/mol. The van der Waals surface area contributed by atoms with E-state index in [1.54, 1.807) is 32.0 Å². The van der Waals surface area contributed by atoms with Crippen LogP contribution in [0.1, 0.15) is 25.5 Å². The molecule has 5 N–H and O–H groups in total. The van der Waals surface area contributed by atoms with Crippen LogP contribution in [0.3, 0.4) is 0 Å². The number of aliphatic hydroxyl groups is 5. The van der Waals surface area contributed by atoms with Crippen molar-refractivity contribution in [3.8, 4) is 5.75 Å². The van der Waals surface area contributed by atoms with Crippen molar-refractivity contribution in [2.75, 3.05) is 6.61 Å². The SMILES string of the molecule is CC(C)(O[C@@H]1O[C@H](CO)[C@@H](O)[C@H](O)[C@H]1O)[C@@H]1Oc2ccc3ccc(=O)oc3c2[C@H]1O. The van der Waals surface area contributed by atoms with Gasteiger partial charge in [-0.1, -0.05) is 0 Å². The molecule has 2 aliphatic rings. The Bertz CT molecular complexity index is 983. The fourth-order valence-corrected chi connectivity index (χ4v) is 3.92. The first-order chi connectivity index (χ1) is 14.1. The molecule has 10 nitrogen and oxygen atoms in total. The number of hydrogen-bond acceptors (Lipinski definition) is 10. The molecule has 2 aromatic rings. The van der Waals surface area contributed by atoms with Gasteiger partial charge < -0.3 is 44.2 Å².